The molecule has 0 aliphatic heterocycles. The highest BCUT2D eigenvalue weighted by Crippen LogP contribution is 2.30. The van der Waals surface area contributed by atoms with Crippen molar-refractivity contribution in [3.8, 4) is 5.75 Å². The van der Waals surface area contributed by atoms with Gasteiger partial charge in [-0.05, 0) is 43.1 Å². The van der Waals surface area contributed by atoms with Gasteiger partial charge in [0.25, 0.3) is 0 Å². The van der Waals surface area contributed by atoms with E-state index >= 15 is 0 Å². The third-order valence-corrected chi connectivity index (χ3v) is 2.86. The van der Waals surface area contributed by atoms with Crippen LogP contribution in [-0.4, -0.2) is 19.2 Å². The Labute approximate surface area is 118 Å². The lowest BCUT2D eigenvalue weighted by Crippen LogP contribution is -2.33. The zero-order chi connectivity index (χ0) is 15.2. The van der Waals surface area contributed by atoms with Gasteiger partial charge in [-0.1, -0.05) is 20.8 Å². The highest BCUT2D eigenvalue weighted by molar-refractivity contribution is 5.29. The van der Waals surface area contributed by atoms with E-state index in [0.717, 1.165) is 25.1 Å². The molecule has 0 saturated heterocycles. The molecule has 0 saturated carbocycles. The Hall–Kier alpha value is -1.23. The van der Waals surface area contributed by atoms with Crippen molar-refractivity contribution in [3.05, 3.63) is 29.8 Å². The van der Waals surface area contributed by atoms with Crippen molar-refractivity contribution in [2.75, 3.05) is 13.1 Å². The first-order valence-corrected chi connectivity index (χ1v) is 6.87. The predicted octanol–water partition coefficient (Wildman–Crippen LogP) is 4.11. The average molecular weight is 289 g/mol. The Kier molecular flexibility index (Phi) is 6.33. The van der Waals surface area contributed by atoms with E-state index in [0.29, 0.717) is 18.2 Å². The van der Waals surface area contributed by atoms with Gasteiger partial charge in [0.15, 0.2) is 0 Å². The summed E-state index contributed by atoms with van der Waals surface area (Å²) in [5.41, 5.74) is -0.657. The van der Waals surface area contributed by atoms with Crippen LogP contribution >= 0.6 is 0 Å². The van der Waals surface area contributed by atoms with Crippen LogP contribution in [0, 0.1) is 5.92 Å². The van der Waals surface area contributed by atoms with E-state index in [1.165, 1.54) is 12.1 Å². The Balaban J connectivity index is 2.53. The number of halogens is 3. The molecule has 0 aromatic heterocycles. The Morgan fingerprint density at radius 2 is 1.70 bits per heavy atom. The van der Waals surface area contributed by atoms with Gasteiger partial charge in [-0.25, -0.2) is 0 Å². The maximum atomic E-state index is 12.4. The molecule has 0 spiro atoms. The Morgan fingerprint density at radius 3 is 2.15 bits per heavy atom. The van der Waals surface area contributed by atoms with Crippen molar-refractivity contribution < 1.29 is 17.9 Å². The second-order valence-electron chi connectivity index (χ2n) is 5.22. The summed E-state index contributed by atoms with van der Waals surface area (Å²) in [5.74, 6) is 1.02. The van der Waals surface area contributed by atoms with Crippen LogP contribution in [0.2, 0.25) is 0 Å². The molecule has 5 heteroatoms. The lowest BCUT2D eigenvalue weighted by Gasteiger charge is -2.19. The summed E-state index contributed by atoms with van der Waals surface area (Å²) < 4.78 is 43.0. The third-order valence-electron chi connectivity index (χ3n) is 2.86. The first-order chi connectivity index (χ1) is 9.32. The zero-order valence-corrected chi connectivity index (χ0v) is 12.1. The largest absolute Gasteiger partial charge is 0.489 e. The highest BCUT2D eigenvalue weighted by Gasteiger charge is 2.30. The van der Waals surface area contributed by atoms with Crippen molar-refractivity contribution in [2.45, 2.75) is 39.5 Å². The third kappa shape index (κ3) is 5.82. The van der Waals surface area contributed by atoms with E-state index in [1.54, 1.807) is 0 Å². The topological polar surface area (TPSA) is 21.3 Å². The molecule has 20 heavy (non-hydrogen) atoms. The van der Waals surface area contributed by atoms with Crippen LogP contribution in [0.3, 0.4) is 0 Å². The van der Waals surface area contributed by atoms with Gasteiger partial charge in [-0.2, -0.15) is 13.2 Å². The van der Waals surface area contributed by atoms with Crippen LogP contribution in [0.5, 0.6) is 5.75 Å². The van der Waals surface area contributed by atoms with E-state index in [4.69, 9.17) is 4.74 Å². The van der Waals surface area contributed by atoms with Gasteiger partial charge in [0.1, 0.15) is 11.9 Å². The molecule has 0 fully saturated rings. The van der Waals surface area contributed by atoms with Crippen LogP contribution < -0.4 is 10.1 Å². The van der Waals surface area contributed by atoms with Gasteiger partial charge >= 0.3 is 6.18 Å². The maximum absolute atomic E-state index is 12.4. The van der Waals surface area contributed by atoms with E-state index in [1.807, 2.05) is 6.92 Å². The van der Waals surface area contributed by atoms with Crippen molar-refractivity contribution in [3.63, 3.8) is 0 Å². The smallest absolute Gasteiger partial charge is 0.416 e. The number of hydrogen-bond acceptors (Lipinski definition) is 2. The fraction of sp³-hybridized carbons (Fsp3) is 0.600. The number of rotatable bonds is 7. The summed E-state index contributed by atoms with van der Waals surface area (Å²) in [7, 11) is 0. The molecular weight excluding hydrogens is 267 g/mol. The number of ether oxygens (including phenoxy) is 1. The molecule has 0 aliphatic carbocycles. The highest BCUT2D eigenvalue weighted by atomic mass is 19.4. The standard InChI is InChI=1S/C15H22F3NO/c1-4-13(10-19-9-11(2)3)20-14-7-5-12(6-8-14)15(16,17)18/h5-8,11,13,19H,4,9-10H2,1-3H3. The zero-order valence-electron chi connectivity index (χ0n) is 12.1. The quantitative estimate of drug-likeness (QED) is 0.815. The van der Waals surface area contributed by atoms with Gasteiger partial charge in [-0.3, -0.25) is 0 Å². The second kappa shape index (κ2) is 7.53. The van der Waals surface area contributed by atoms with Crippen LogP contribution in [0.1, 0.15) is 32.8 Å². The summed E-state index contributed by atoms with van der Waals surface area (Å²) in [6.07, 6.45) is -3.54. The molecule has 0 heterocycles. The molecule has 0 amide bonds. The molecule has 1 aromatic rings. The molecule has 0 aliphatic rings. The van der Waals surface area contributed by atoms with E-state index < -0.39 is 11.7 Å². The van der Waals surface area contributed by atoms with Crippen molar-refractivity contribution in [2.24, 2.45) is 5.92 Å². The minimum absolute atomic E-state index is 0.0366. The SMILES string of the molecule is CCC(CNCC(C)C)Oc1ccc(C(F)(F)F)cc1. The van der Waals surface area contributed by atoms with Gasteiger partial charge < -0.3 is 10.1 Å². The van der Waals surface area contributed by atoms with Gasteiger partial charge in [0.2, 0.25) is 0 Å². The first kappa shape index (κ1) is 16.8. The summed E-state index contributed by atoms with van der Waals surface area (Å²) in [4.78, 5) is 0. The fourth-order valence-corrected chi connectivity index (χ4v) is 1.72. The molecule has 1 rings (SSSR count). The average Bonchev–Trinajstić information content (AvgIpc) is 2.36. The van der Waals surface area contributed by atoms with Crippen molar-refractivity contribution in [1.29, 1.82) is 0 Å². The van der Waals surface area contributed by atoms with Crippen LogP contribution in [0.4, 0.5) is 13.2 Å². The summed E-state index contributed by atoms with van der Waals surface area (Å²) in [6.45, 7) is 7.81. The van der Waals surface area contributed by atoms with Gasteiger partial charge in [0, 0.05) is 6.54 Å². The molecule has 2 nitrogen and oxygen atoms in total. The maximum Gasteiger partial charge on any atom is 0.416 e. The minimum Gasteiger partial charge on any atom is -0.489 e. The first-order valence-electron chi connectivity index (χ1n) is 6.87. The summed E-state index contributed by atoms with van der Waals surface area (Å²) in [6, 6.07) is 4.83. The number of benzene rings is 1. The van der Waals surface area contributed by atoms with E-state index in [9.17, 15) is 13.2 Å². The monoisotopic (exact) mass is 289 g/mol. The molecule has 1 unspecified atom stereocenters. The molecule has 0 radical (unpaired) electrons. The molecule has 114 valence electrons. The number of nitrogens with one attached hydrogen (secondary N) is 1. The van der Waals surface area contributed by atoms with Crippen molar-refractivity contribution >= 4 is 0 Å². The Bertz CT molecular complexity index is 387. The van der Waals surface area contributed by atoms with E-state index in [2.05, 4.69) is 19.2 Å². The number of hydrogen-bond donors (Lipinski definition) is 1. The van der Waals surface area contributed by atoms with Gasteiger partial charge in [0.05, 0.1) is 5.56 Å². The van der Waals surface area contributed by atoms with Crippen LogP contribution in [0.15, 0.2) is 24.3 Å². The predicted molar refractivity (Wildman–Crippen MR) is 73.9 cm³/mol. The molecular formula is C15H22F3NO. The fourth-order valence-electron chi connectivity index (χ4n) is 1.72. The molecule has 1 N–H and O–H groups in total. The lowest BCUT2D eigenvalue weighted by molar-refractivity contribution is -0.137. The number of alkyl halides is 3. The summed E-state index contributed by atoms with van der Waals surface area (Å²) in [5, 5.41) is 3.29. The van der Waals surface area contributed by atoms with Crippen LogP contribution in [0.25, 0.3) is 0 Å². The minimum atomic E-state index is -4.30. The second-order valence-corrected chi connectivity index (χ2v) is 5.22. The molecule has 1 aromatic carbocycles. The van der Waals surface area contributed by atoms with Crippen LogP contribution in [-0.2, 0) is 6.18 Å². The normalized spacial score (nSPS) is 13.6. The van der Waals surface area contributed by atoms with Crippen molar-refractivity contribution in [1.82, 2.24) is 5.32 Å². The summed E-state index contributed by atoms with van der Waals surface area (Å²) >= 11 is 0. The van der Waals surface area contributed by atoms with E-state index in [-0.39, 0.29) is 6.10 Å². The lowest BCUT2D eigenvalue weighted by atomic mass is 10.2. The molecule has 1 atom stereocenters. The Morgan fingerprint density at radius 1 is 1.10 bits per heavy atom. The van der Waals surface area contributed by atoms with Gasteiger partial charge in [-0.15, -0.1) is 0 Å². The molecule has 0 bridgehead atoms.